The number of rotatable bonds is 0. The number of amidine groups is 1. The first kappa shape index (κ1) is 9.08. The highest BCUT2D eigenvalue weighted by atomic mass is 14.7. The Labute approximate surface area is 38.9 Å². The minimum atomic E-state index is 0.167. The average molecular weight is 88.2 g/mol. The molecule has 0 fully saturated rings. The molecule has 2 heteroatoms. The largest absolute Gasteiger partial charge is 0.388 e. The number of hydrogen-bond donors (Lipinski definition) is 2. The van der Waals surface area contributed by atoms with Gasteiger partial charge in [0.25, 0.3) is 0 Å². The Morgan fingerprint density at radius 1 is 1.50 bits per heavy atom. The zero-order valence-electron chi connectivity index (χ0n) is 4.58. The second-order valence-corrected chi connectivity index (χ2v) is 0.683. The lowest BCUT2D eigenvalue weighted by Crippen LogP contribution is -2.00. The Hall–Kier alpha value is -0.530. The summed E-state index contributed by atoms with van der Waals surface area (Å²) < 4.78 is 0. The summed E-state index contributed by atoms with van der Waals surface area (Å²) >= 11 is 0. The van der Waals surface area contributed by atoms with Crippen molar-refractivity contribution in [2.24, 2.45) is 5.73 Å². The van der Waals surface area contributed by atoms with Crippen molar-refractivity contribution in [2.45, 2.75) is 20.8 Å². The van der Waals surface area contributed by atoms with Crippen molar-refractivity contribution < 1.29 is 0 Å². The van der Waals surface area contributed by atoms with Crippen LogP contribution in [0.3, 0.4) is 0 Å². The molecule has 0 atom stereocenters. The lowest BCUT2D eigenvalue weighted by molar-refractivity contribution is 1.42. The molecule has 0 radical (unpaired) electrons. The highest BCUT2D eigenvalue weighted by Gasteiger charge is 1.53. The zero-order valence-corrected chi connectivity index (χ0v) is 4.58. The Bertz CT molecular complexity index is 28.5. The van der Waals surface area contributed by atoms with Crippen LogP contribution in [-0.2, 0) is 0 Å². The van der Waals surface area contributed by atoms with Gasteiger partial charge in [-0.15, -0.1) is 0 Å². The SMILES string of the molecule is CC.CC(=N)N. The second kappa shape index (κ2) is 8.82. The van der Waals surface area contributed by atoms with Crippen LogP contribution in [0.4, 0.5) is 0 Å². The van der Waals surface area contributed by atoms with Crippen molar-refractivity contribution >= 4 is 5.84 Å². The fourth-order valence-electron chi connectivity index (χ4n) is 0. The van der Waals surface area contributed by atoms with E-state index in [2.05, 4.69) is 0 Å². The maximum Gasteiger partial charge on any atom is 0.0873 e. The molecule has 0 aliphatic heterocycles. The third-order valence-electron chi connectivity index (χ3n) is 0. The van der Waals surface area contributed by atoms with Crippen LogP contribution in [0, 0.1) is 5.41 Å². The lowest BCUT2D eigenvalue weighted by Gasteiger charge is -1.66. The van der Waals surface area contributed by atoms with Crippen LogP contribution in [0.1, 0.15) is 20.8 Å². The van der Waals surface area contributed by atoms with E-state index in [4.69, 9.17) is 11.1 Å². The van der Waals surface area contributed by atoms with Gasteiger partial charge < -0.3 is 5.73 Å². The molecule has 0 rings (SSSR count). The molecule has 3 N–H and O–H groups in total. The van der Waals surface area contributed by atoms with Crippen molar-refractivity contribution in [3.05, 3.63) is 0 Å². The van der Waals surface area contributed by atoms with E-state index >= 15 is 0 Å². The first-order valence-electron chi connectivity index (χ1n) is 2.04. The number of nitrogens with one attached hydrogen (secondary N) is 1. The fraction of sp³-hybridized carbons (Fsp3) is 0.750. The Kier molecular flexibility index (Phi) is 13.3. The molecule has 6 heavy (non-hydrogen) atoms. The fourth-order valence-corrected chi connectivity index (χ4v) is 0. The van der Waals surface area contributed by atoms with Crippen LogP contribution in [0.5, 0.6) is 0 Å². The molecule has 0 saturated carbocycles. The summed E-state index contributed by atoms with van der Waals surface area (Å²) in [5.41, 5.74) is 4.69. The molecule has 0 aromatic heterocycles. The van der Waals surface area contributed by atoms with E-state index in [0.29, 0.717) is 0 Å². The summed E-state index contributed by atoms with van der Waals surface area (Å²) in [7, 11) is 0. The molecular weight excluding hydrogens is 76.1 g/mol. The quantitative estimate of drug-likeness (QED) is 0.336. The van der Waals surface area contributed by atoms with Crippen LogP contribution in [0.15, 0.2) is 0 Å². The van der Waals surface area contributed by atoms with Crippen molar-refractivity contribution in [1.29, 1.82) is 5.41 Å². The molecule has 0 aliphatic carbocycles. The van der Waals surface area contributed by atoms with E-state index < -0.39 is 0 Å². The average Bonchev–Trinajstić information content (AvgIpc) is 1.41. The van der Waals surface area contributed by atoms with Gasteiger partial charge in [-0.3, -0.25) is 5.41 Å². The van der Waals surface area contributed by atoms with Crippen molar-refractivity contribution in [1.82, 2.24) is 0 Å². The van der Waals surface area contributed by atoms with Crippen LogP contribution in [-0.4, -0.2) is 5.84 Å². The Morgan fingerprint density at radius 3 is 1.50 bits per heavy atom. The molecule has 0 heterocycles. The summed E-state index contributed by atoms with van der Waals surface area (Å²) in [5.74, 6) is 0.167. The number of nitrogens with two attached hydrogens (primary N) is 1. The second-order valence-electron chi connectivity index (χ2n) is 0.683. The maximum absolute atomic E-state index is 6.28. The van der Waals surface area contributed by atoms with E-state index in [1.807, 2.05) is 13.8 Å². The molecule has 0 spiro atoms. The topological polar surface area (TPSA) is 49.9 Å². The van der Waals surface area contributed by atoms with Gasteiger partial charge in [0, 0.05) is 0 Å². The van der Waals surface area contributed by atoms with Gasteiger partial charge in [0.1, 0.15) is 0 Å². The molecule has 0 aromatic rings. The molecular formula is C4H12N2. The first-order chi connectivity index (χ1) is 2.73. The first-order valence-corrected chi connectivity index (χ1v) is 2.04. The highest BCUT2D eigenvalue weighted by Crippen LogP contribution is 1.36. The molecule has 0 bridgehead atoms. The molecule has 38 valence electrons. The van der Waals surface area contributed by atoms with Crippen LogP contribution < -0.4 is 5.73 Å². The molecule has 0 aliphatic rings. The predicted molar refractivity (Wildman–Crippen MR) is 28.9 cm³/mol. The summed E-state index contributed by atoms with van der Waals surface area (Å²) in [6.07, 6.45) is 0. The summed E-state index contributed by atoms with van der Waals surface area (Å²) in [6, 6.07) is 0. The monoisotopic (exact) mass is 88.1 g/mol. The third-order valence-corrected chi connectivity index (χ3v) is 0. The zero-order chi connectivity index (χ0) is 5.58. The van der Waals surface area contributed by atoms with Gasteiger partial charge in [-0.2, -0.15) is 0 Å². The van der Waals surface area contributed by atoms with Crippen LogP contribution >= 0.6 is 0 Å². The van der Waals surface area contributed by atoms with Crippen molar-refractivity contribution in [2.75, 3.05) is 0 Å². The van der Waals surface area contributed by atoms with Gasteiger partial charge in [-0.1, -0.05) is 13.8 Å². The van der Waals surface area contributed by atoms with Gasteiger partial charge >= 0.3 is 0 Å². The molecule has 0 amide bonds. The van der Waals surface area contributed by atoms with Gasteiger partial charge in [0.2, 0.25) is 0 Å². The molecule has 0 saturated heterocycles. The summed E-state index contributed by atoms with van der Waals surface area (Å²) in [6.45, 7) is 5.53. The van der Waals surface area contributed by atoms with Gasteiger partial charge in [-0.25, -0.2) is 0 Å². The summed E-state index contributed by atoms with van der Waals surface area (Å²) in [5, 5.41) is 6.28. The van der Waals surface area contributed by atoms with Crippen LogP contribution in [0.2, 0.25) is 0 Å². The highest BCUT2D eigenvalue weighted by molar-refractivity contribution is 5.73. The minimum absolute atomic E-state index is 0.167. The van der Waals surface area contributed by atoms with Crippen LogP contribution in [0.25, 0.3) is 0 Å². The standard InChI is InChI=1S/C2H6N2.C2H6/c1-2(3)4;1-2/h1H3,(H3,3,4);1-2H3. The predicted octanol–water partition coefficient (Wildman–Crippen LogP) is 0.968. The summed E-state index contributed by atoms with van der Waals surface area (Å²) in [4.78, 5) is 0. The normalized spacial score (nSPS) is 5.17. The Morgan fingerprint density at radius 2 is 1.50 bits per heavy atom. The maximum atomic E-state index is 6.28. The van der Waals surface area contributed by atoms with Gasteiger partial charge in [0.05, 0.1) is 5.84 Å². The molecule has 2 nitrogen and oxygen atoms in total. The molecule has 0 aromatic carbocycles. The van der Waals surface area contributed by atoms with E-state index in [1.54, 1.807) is 0 Å². The lowest BCUT2D eigenvalue weighted by atomic mass is 10.8. The van der Waals surface area contributed by atoms with Crippen molar-refractivity contribution in [3.8, 4) is 0 Å². The Balaban J connectivity index is 0. The van der Waals surface area contributed by atoms with E-state index in [9.17, 15) is 0 Å². The minimum Gasteiger partial charge on any atom is -0.388 e. The molecule has 0 unspecified atom stereocenters. The van der Waals surface area contributed by atoms with Crippen molar-refractivity contribution in [3.63, 3.8) is 0 Å². The van der Waals surface area contributed by atoms with E-state index in [1.165, 1.54) is 6.92 Å². The smallest absolute Gasteiger partial charge is 0.0873 e. The van der Waals surface area contributed by atoms with Gasteiger partial charge in [-0.05, 0) is 6.92 Å². The van der Waals surface area contributed by atoms with E-state index in [-0.39, 0.29) is 5.84 Å². The third kappa shape index (κ3) is 75.4. The van der Waals surface area contributed by atoms with Gasteiger partial charge in [0.15, 0.2) is 0 Å². The number of hydrogen-bond acceptors (Lipinski definition) is 1. The van der Waals surface area contributed by atoms with E-state index in [0.717, 1.165) is 0 Å².